The molecule has 0 fully saturated rings. The van der Waals surface area contributed by atoms with E-state index in [4.69, 9.17) is 0 Å². The molecule has 2 aromatic carbocycles. The fourth-order valence-electron chi connectivity index (χ4n) is 2.64. The number of aromatic nitrogens is 2. The van der Waals surface area contributed by atoms with Crippen LogP contribution in [-0.2, 0) is 0 Å². The molecule has 0 amide bonds. The van der Waals surface area contributed by atoms with Gasteiger partial charge in [0.15, 0.2) is 0 Å². The summed E-state index contributed by atoms with van der Waals surface area (Å²) < 4.78 is 0. The highest BCUT2D eigenvalue weighted by atomic mass is 15.2. The lowest BCUT2D eigenvalue weighted by Crippen LogP contribution is -2.17. The Labute approximate surface area is 149 Å². The van der Waals surface area contributed by atoms with Gasteiger partial charge in [-0.1, -0.05) is 18.2 Å². The molecule has 3 rings (SSSR count). The zero-order valence-corrected chi connectivity index (χ0v) is 14.8. The van der Waals surface area contributed by atoms with Crippen molar-refractivity contribution in [3.05, 3.63) is 67.0 Å². The van der Waals surface area contributed by atoms with E-state index in [1.165, 1.54) is 0 Å². The summed E-state index contributed by atoms with van der Waals surface area (Å²) in [6, 6.07) is 20.5. The van der Waals surface area contributed by atoms with Crippen molar-refractivity contribution in [1.82, 2.24) is 9.97 Å². The molecular formula is C20H23N5. The van der Waals surface area contributed by atoms with E-state index in [0.717, 1.165) is 35.2 Å². The Morgan fingerprint density at radius 3 is 2.24 bits per heavy atom. The monoisotopic (exact) mass is 333 g/mol. The number of para-hydroxylation sites is 1. The largest absolute Gasteiger partial charge is 0.378 e. The number of rotatable bonds is 6. The van der Waals surface area contributed by atoms with Gasteiger partial charge in [0.05, 0.1) is 0 Å². The van der Waals surface area contributed by atoms with Crippen LogP contribution in [-0.4, -0.2) is 30.6 Å². The van der Waals surface area contributed by atoms with Crippen LogP contribution in [0.5, 0.6) is 0 Å². The topological polar surface area (TPSA) is 44.3 Å². The number of benzene rings is 2. The summed E-state index contributed by atoms with van der Waals surface area (Å²) in [5.74, 6) is 1.65. The van der Waals surface area contributed by atoms with E-state index in [1.54, 1.807) is 6.33 Å². The summed E-state index contributed by atoms with van der Waals surface area (Å²) >= 11 is 0. The molecule has 0 radical (unpaired) electrons. The summed E-state index contributed by atoms with van der Waals surface area (Å²) in [5.41, 5.74) is 3.28. The van der Waals surface area contributed by atoms with Gasteiger partial charge in [-0.05, 0) is 43.3 Å². The quantitative estimate of drug-likeness (QED) is 0.722. The first-order valence-electron chi connectivity index (χ1n) is 8.36. The Morgan fingerprint density at radius 1 is 0.880 bits per heavy atom. The number of anilines is 5. The lowest BCUT2D eigenvalue weighted by atomic mass is 10.2. The lowest BCUT2D eigenvalue weighted by Gasteiger charge is -2.22. The Bertz CT molecular complexity index is 800. The predicted molar refractivity (Wildman–Crippen MR) is 105 cm³/mol. The van der Waals surface area contributed by atoms with E-state index in [1.807, 2.05) is 50.5 Å². The maximum Gasteiger partial charge on any atom is 0.138 e. The van der Waals surface area contributed by atoms with E-state index >= 15 is 0 Å². The van der Waals surface area contributed by atoms with Gasteiger partial charge in [0.25, 0.3) is 0 Å². The van der Waals surface area contributed by atoms with Crippen LogP contribution < -0.4 is 15.1 Å². The fraction of sp³-hybridized carbons (Fsp3) is 0.200. The summed E-state index contributed by atoms with van der Waals surface area (Å²) in [6.45, 7) is 2.94. The van der Waals surface area contributed by atoms with Crippen molar-refractivity contribution in [2.45, 2.75) is 6.92 Å². The Balaban J connectivity index is 1.81. The molecule has 1 aromatic heterocycles. The van der Waals surface area contributed by atoms with Gasteiger partial charge in [0.2, 0.25) is 0 Å². The standard InChI is InChI=1S/C20H23N5/c1-4-25(18-8-6-5-7-9-18)20-14-19(21-15-22-20)23-16-10-12-17(13-11-16)24(2)3/h5-15H,4H2,1-3H3,(H,21,22,23). The van der Waals surface area contributed by atoms with E-state index in [-0.39, 0.29) is 0 Å². The molecule has 0 aliphatic carbocycles. The molecule has 128 valence electrons. The summed E-state index contributed by atoms with van der Waals surface area (Å²) in [7, 11) is 4.06. The third-order valence-corrected chi connectivity index (χ3v) is 3.97. The molecule has 0 saturated carbocycles. The molecule has 0 saturated heterocycles. The second-order valence-electron chi connectivity index (χ2n) is 5.91. The minimum absolute atomic E-state index is 0.775. The van der Waals surface area contributed by atoms with Crippen molar-refractivity contribution in [2.24, 2.45) is 0 Å². The van der Waals surface area contributed by atoms with Gasteiger partial charge in [0, 0.05) is 43.8 Å². The van der Waals surface area contributed by atoms with E-state index in [2.05, 4.69) is 56.3 Å². The Hall–Kier alpha value is -3.08. The molecule has 0 spiro atoms. The van der Waals surface area contributed by atoms with Crippen molar-refractivity contribution in [3.63, 3.8) is 0 Å². The first kappa shape index (κ1) is 16.8. The highest BCUT2D eigenvalue weighted by Gasteiger charge is 2.09. The minimum atomic E-state index is 0.775. The van der Waals surface area contributed by atoms with Gasteiger partial charge in [0.1, 0.15) is 18.0 Å². The van der Waals surface area contributed by atoms with Crippen molar-refractivity contribution in [3.8, 4) is 0 Å². The van der Waals surface area contributed by atoms with Gasteiger partial charge in [-0.25, -0.2) is 9.97 Å². The van der Waals surface area contributed by atoms with Crippen LogP contribution in [0.3, 0.4) is 0 Å². The van der Waals surface area contributed by atoms with Crippen LogP contribution >= 0.6 is 0 Å². The summed E-state index contributed by atoms with van der Waals surface area (Å²) in [4.78, 5) is 13.0. The molecule has 1 heterocycles. The maximum atomic E-state index is 4.43. The third kappa shape index (κ3) is 4.07. The maximum absolute atomic E-state index is 4.43. The zero-order chi connectivity index (χ0) is 17.6. The number of hydrogen-bond donors (Lipinski definition) is 1. The van der Waals surface area contributed by atoms with Crippen molar-refractivity contribution >= 4 is 28.7 Å². The van der Waals surface area contributed by atoms with Gasteiger partial charge in [-0.2, -0.15) is 0 Å². The zero-order valence-electron chi connectivity index (χ0n) is 14.8. The Morgan fingerprint density at radius 2 is 1.60 bits per heavy atom. The van der Waals surface area contributed by atoms with E-state index in [9.17, 15) is 0 Å². The Kier molecular flexibility index (Phi) is 5.14. The van der Waals surface area contributed by atoms with Crippen molar-refractivity contribution in [2.75, 3.05) is 35.8 Å². The molecule has 1 N–H and O–H groups in total. The van der Waals surface area contributed by atoms with Crippen molar-refractivity contribution < 1.29 is 0 Å². The average molecular weight is 333 g/mol. The fourth-order valence-corrected chi connectivity index (χ4v) is 2.64. The normalized spacial score (nSPS) is 10.4. The molecular weight excluding hydrogens is 310 g/mol. The molecule has 3 aromatic rings. The van der Waals surface area contributed by atoms with Gasteiger partial charge < -0.3 is 15.1 Å². The number of hydrogen-bond acceptors (Lipinski definition) is 5. The highest BCUT2D eigenvalue weighted by molar-refractivity contribution is 5.66. The SMILES string of the molecule is CCN(c1ccccc1)c1cc(Nc2ccc(N(C)C)cc2)ncn1. The molecule has 0 unspecified atom stereocenters. The van der Waals surface area contributed by atoms with Crippen LogP contribution in [0, 0.1) is 0 Å². The van der Waals surface area contributed by atoms with Gasteiger partial charge in [-0.3, -0.25) is 0 Å². The van der Waals surface area contributed by atoms with Crippen molar-refractivity contribution in [1.29, 1.82) is 0 Å². The highest BCUT2D eigenvalue weighted by Crippen LogP contribution is 2.25. The predicted octanol–water partition coefficient (Wildman–Crippen LogP) is 4.44. The molecule has 25 heavy (non-hydrogen) atoms. The molecule has 0 aliphatic rings. The molecule has 0 bridgehead atoms. The molecule has 5 heteroatoms. The number of nitrogens with one attached hydrogen (secondary N) is 1. The van der Waals surface area contributed by atoms with Gasteiger partial charge >= 0.3 is 0 Å². The lowest BCUT2D eigenvalue weighted by molar-refractivity contribution is 0.977. The molecule has 0 aliphatic heterocycles. The van der Waals surface area contributed by atoms with Crippen LogP contribution in [0.15, 0.2) is 67.0 Å². The van der Waals surface area contributed by atoms with E-state index in [0.29, 0.717) is 0 Å². The number of nitrogens with zero attached hydrogens (tertiary/aromatic N) is 4. The van der Waals surface area contributed by atoms with Gasteiger partial charge in [-0.15, -0.1) is 0 Å². The van der Waals surface area contributed by atoms with E-state index < -0.39 is 0 Å². The smallest absolute Gasteiger partial charge is 0.138 e. The summed E-state index contributed by atoms with van der Waals surface area (Å²) in [6.07, 6.45) is 1.59. The van der Waals surface area contributed by atoms with Crippen LogP contribution in [0.1, 0.15) is 6.92 Å². The van der Waals surface area contributed by atoms with Crippen LogP contribution in [0.25, 0.3) is 0 Å². The third-order valence-electron chi connectivity index (χ3n) is 3.97. The minimum Gasteiger partial charge on any atom is -0.378 e. The second-order valence-corrected chi connectivity index (χ2v) is 5.91. The van der Waals surface area contributed by atoms with Crippen LogP contribution in [0.4, 0.5) is 28.7 Å². The molecule has 5 nitrogen and oxygen atoms in total. The average Bonchev–Trinajstić information content (AvgIpc) is 2.64. The summed E-state index contributed by atoms with van der Waals surface area (Å²) in [5, 5.41) is 3.34. The second kappa shape index (κ2) is 7.66. The first-order valence-corrected chi connectivity index (χ1v) is 8.36. The first-order chi connectivity index (χ1) is 12.2. The van der Waals surface area contributed by atoms with Crippen LogP contribution in [0.2, 0.25) is 0 Å². The molecule has 0 atom stereocenters.